The first-order valence-electron chi connectivity index (χ1n) is 9.05. The number of rotatable bonds is 5. The Labute approximate surface area is 159 Å². The van der Waals surface area contributed by atoms with Gasteiger partial charge in [-0.25, -0.2) is 12.8 Å². The Morgan fingerprint density at radius 3 is 2.33 bits per heavy atom. The lowest BCUT2D eigenvalue weighted by molar-refractivity contribution is -0.114. The van der Waals surface area contributed by atoms with Crippen molar-refractivity contribution in [1.82, 2.24) is 0 Å². The van der Waals surface area contributed by atoms with Crippen molar-refractivity contribution in [3.05, 3.63) is 53.8 Å². The van der Waals surface area contributed by atoms with Gasteiger partial charge in [-0.15, -0.1) is 0 Å². The predicted molar refractivity (Wildman–Crippen MR) is 104 cm³/mol. The van der Waals surface area contributed by atoms with E-state index >= 15 is 0 Å². The molecule has 1 fully saturated rings. The largest absolute Gasteiger partial charge is 0.324 e. The van der Waals surface area contributed by atoms with Crippen molar-refractivity contribution in [2.75, 3.05) is 10.0 Å². The molecular weight excluding hydrogens is 367 g/mol. The summed E-state index contributed by atoms with van der Waals surface area (Å²) in [5.41, 5.74) is 1.27. The Morgan fingerprint density at radius 1 is 1.04 bits per heavy atom. The van der Waals surface area contributed by atoms with E-state index in [4.69, 9.17) is 0 Å². The van der Waals surface area contributed by atoms with E-state index in [9.17, 15) is 17.6 Å². The zero-order valence-electron chi connectivity index (χ0n) is 15.2. The van der Waals surface area contributed by atoms with Crippen LogP contribution in [0.25, 0.3) is 0 Å². The van der Waals surface area contributed by atoms with Crippen LogP contribution in [0.2, 0.25) is 0 Å². The Morgan fingerprint density at radius 2 is 1.70 bits per heavy atom. The first-order valence-corrected chi connectivity index (χ1v) is 10.5. The molecule has 0 aromatic heterocycles. The van der Waals surface area contributed by atoms with Crippen LogP contribution in [-0.4, -0.2) is 14.3 Å². The molecule has 0 unspecified atom stereocenters. The van der Waals surface area contributed by atoms with Crippen LogP contribution in [0, 0.1) is 5.82 Å². The third-order valence-corrected chi connectivity index (χ3v) is 6.19. The molecule has 0 heterocycles. The molecule has 0 atom stereocenters. The molecule has 144 valence electrons. The molecule has 1 aliphatic carbocycles. The lowest BCUT2D eigenvalue weighted by atomic mass is 9.84. The number of carbonyl (C=O) groups is 1. The van der Waals surface area contributed by atoms with Crippen molar-refractivity contribution in [3.63, 3.8) is 0 Å². The van der Waals surface area contributed by atoms with Crippen LogP contribution in [-0.2, 0) is 14.8 Å². The third kappa shape index (κ3) is 4.86. The highest BCUT2D eigenvalue weighted by Crippen LogP contribution is 2.33. The van der Waals surface area contributed by atoms with Crippen LogP contribution in [0.5, 0.6) is 0 Å². The maximum atomic E-state index is 13.7. The zero-order chi connectivity index (χ0) is 19.4. The summed E-state index contributed by atoms with van der Waals surface area (Å²) in [6.45, 7) is 1.25. The van der Waals surface area contributed by atoms with Crippen molar-refractivity contribution in [3.8, 4) is 0 Å². The molecule has 2 N–H and O–H groups in total. The molecule has 0 aliphatic heterocycles. The topological polar surface area (TPSA) is 75.3 Å². The summed E-state index contributed by atoms with van der Waals surface area (Å²) in [5, 5.41) is 2.33. The molecule has 2 aromatic carbocycles. The highest BCUT2D eigenvalue weighted by Gasteiger charge is 2.18. The molecule has 1 amide bonds. The van der Waals surface area contributed by atoms with E-state index in [1.54, 1.807) is 12.1 Å². The normalized spacial score (nSPS) is 15.3. The van der Waals surface area contributed by atoms with Crippen LogP contribution < -0.4 is 10.0 Å². The fourth-order valence-electron chi connectivity index (χ4n) is 3.44. The summed E-state index contributed by atoms with van der Waals surface area (Å²) < 4.78 is 41.4. The van der Waals surface area contributed by atoms with Crippen LogP contribution in [0.1, 0.15) is 50.5 Å². The Bertz CT molecular complexity index is 921. The van der Waals surface area contributed by atoms with E-state index < -0.39 is 21.7 Å². The van der Waals surface area contributed by atoms with Gasteiger partial charge < -0.3 is 5.32 Å². The number of benzene rings is 2. The summed E-state index contributed by atoms with van der Waals surface area (Å²) in [5.74, 6) is -0.571. The van der Waals surface area contributed by atoms with E-state index in [0.29, 0.717) is 5.92 Å². The molecule has 1 saturated carbocycles. The second-order valence-electron chi connectivity index (χ2n) is 6.89. The number of anilines is 2. The average molecular weight is 390 g/mol. The van der Waals surface area contributed by atoms with Gasteiger partial charge in [0.2, 0.25) is 5.91 Å². The van der Waals surface area contributed by atoms with Crippen molar-refractivity contribution < 1.29 is 17.6 Å². The van der Waals surface area contributed by atoms with Gasteiger partial charge in [0.15, 0.2) is 0 Å². The average Bonchev–Trinajstić information content (AvgIpc) is 2.65. The second kappa shape index (κ2) is 8.08. The minimum atomic E-state index is -3.80. The lowest BCUT2D eigenvalue weighted by Crippen LogP contribution is -2.14. The van der Waals surface area contributed by atoms with Crippen LogP contribution in [0.15, 0.2) is 47.4 Å². The molecule has 0 saturated heterocycles. The first kappa shape index (κ1) is 19.4. The van der Waals surface area contributed by atoms with Gasteiger partial charge >= 0.3 is 0 Å². The molecule has 1 aliphatic rings. The predicted octanol–water partition coefficient (Wildman–Crippen LogP) is 4.63. The van der Waals surface area contributed by atoms with Crippen molar-refractivity contribution in [2.45, 2.75) is 49.8 Å². The molecule has 5 nitrogen and oxygen atoms in total. The molecule has 0 spiro atoms. The molecule has 0 radical (unpaired) electrons. The summed E-state index contributed by atoms with van der Waals surface area (Å²) in [6.07, 6.45) is 5.99. The van der Waals surface area contributed by atoms with Gasteiger partial charge in [-0.05, 0) is 54.7 Å². The van der Waals surface area contributed by atoms with E-state index in [-0.39, 0.29) is 16.3 Å². The van der Waals surface area contributed by atoms with E-state index in [1.807, 2.05) is 12.1 Å². The first-order chi connectivity index (χ1) is 12.8. The highest BCUT2D eigenvalue weighted by molar-refractivity contribution is 7.92. The number of halogens is 1. The molecule has 2 aromatic rings. The standard InChI is InChI=1S/C20H23FN2O3S/c1-14(24)22-20-13-17(9-12-19(20)21)23-27(25,26)18-10-7-16(8-11-18)15-5-3-2-4-6-15/h7-13,15,23H,2-6H2,1H3,(H,22,24). The number of sulfonamides is 1. The minimum absolute atomic E-state index is 0.0738. The summed E-state index contributed by atoms with van der Waals surface area (Å²) in [4.78, 5) is 11.3. The number of hydrogen-bond donors (Lipinski definition) is 2. The van der Waals surface area contributed by atoms with E-state index in [0.717, 1.165) is 18.9 Å². The summed E-state index contributed by atoms with van der Waals surface area (Å²) in [7, 11) is -3.80. The molecule has 27 heavy (non-hydrogen) atoms. The summed E-state index contributed by atoms with van der Waals surface area (Å²) >= 11 is 0. The second-order valence-corrected chi connectivity index (χ2v) is 8.57. The minimum Gasteiger partial charge on any atom is -0.324 e. The van der Waals surface area contributed by atoms with Gasteiger partial charge in [-0.1, -0.05) is 31.4 Å². The number of nitrogens with one attached hydrogen (secondary N) is 2. The summed E-state index contributed by atoms with van der Waals surface area (Å²) in [6, 6.07) is 10.6. The fourth-order valence-corrected chi connectivity index (χ4v) is 4.49. The molecule has 7 heteroatoms. The SMILES string of the molecule is CC(=O)Nc1cc(NS(=O)(=O)c2ccc(C3CCCCC3)cc2)ccc1F. The maximum Gasteiger partial charge on any atom is 0.261 e. The Kier molecular flexibility index (Phi) is 5.79. The van der Waals surface area contributed by atoms with Crippen LogP contribution in [0.4, 0.5) is 15.8 Å². The third-order valence-electron chi connectivity index (χ3n) is 4.80. The van der Waals surface area contributed by atoms with E-state index in [2.05, 4.69) is 10.0 Å². The van der Waals surface area contributed by atoms with Gasteiger partial charge in [-0.3, -0.25) is 9.52 Å². The van der Waals surface area contributed by atoms with Gasteiger partial charge in [0, 0.05) is 6.92 Å². The Hall–Kier alpha value is -2.41. The molecule has 0 bridgehead atoms. The van der Waals surface area contributed by atoms with Crippen molar-refractivity contribution in [1.29, 1.82) is 0 Å². The van der Waals surface area contributed by atoms with E-state index in [1.165, 1.54) is 43.9 Å². The molecule has 3 rings (SSSR count). The van der Waals surface area contributed by atoms with Gasteiger partial charge in [0.1, 0.15) is 5.82 Å². The highest BCUT2D eigenvalue weighted by atomic mass is 32.2. The number of amides is 1. The molecular formula is C20H23FN2O3S. The monoisotopic (exact) mass is 390 g/mol. The van der Waals surface area contributed by atoms with Gasteiger partial charge in [0.25, 0.3) is 10.0 Å². The van der Waals surface area contributed by atoms with Crippen LogP contribution in [0.3, 0.4) is 0 Å². The maximum absolute atomic E-state index is 13.7. The quantitative estimate of drug-likeness (QED) is 0.781. The fraction of sp³-hybridized carbons (Fsp3) is 0.350. The smallest absolute Gasteiger partial charge is 0.261 e. The van der Waals surface area contributed by atoms with Crippen molar-refractivity contribution >= 4 is 27.3 Å². The number of carbonyl (C=O) groups excluding carboxylic acids is 1. The Balaban J connectivity index is 1.77. The zero-order valence-corrected chi connectivity index (χ0v) is 16.0. The number of hydrogen-bond acceptors (Lipinski definition) is 3. The van der Waals surface area contributed by atoms with Crippen molar-refractivity contribution in [2.24, 2.45) is 0 Å². The van der Waals surface area contributed by atoms with Gasteiger partial charge in [0.05, 0.1) is 16.3 Å². The van der Waals surface area contributed by atoms with Gasteiger partial charge in [-0.2, -0.15) is 0 Å². The lowest BCUT2D eigenvalue weighted by Gasteiger charge is -2.22. The van der Waals surface area contributed by atoms with Crippen LogP contribution >= 0.6 is 0 Å².